The third-order valence-electron chi connectivity index (χ3n) is 4.53. The normalized spacial score (nSPS) is 24.1. The molecule has 0 saturated heterocycles. The van der Waals surface area contributed by atoms with Crippen LogP contribution in [0.1, 0.15) is 30.4 Å². The highest BCUT2D eigenvalue weighted by Crippen LogP contribution is 2.56. The third-order valence-corrected chi connectivity index (χ3v) is 4.95. The molecule has 0 heterocycles. The minimum Gasteiger partial charge on any atom is -0.495 e. The van der Waals surface area contributed by atoms with Crippen molar-refractivity contribution >= 4 is 23.0 Å². The highest BCUT2D eigenvalue weighted by atomic mass is 35.5. The van der Waals surface area contributed by atoms with Crippen LogP contribution in [0.5, 0.6) is 5.75 Å². The summed E-state index contributed by atoms with van der Waals surface area (Å²) in [5.41, 5.74) is 2.67. The van der Waals surface area contributed by atoms with Gasteiger partial charge >= 0.3 is 0 Å². The van der Waals surface area contributed by atoms with Crippen molar-refractivity contribution in [2.24, 2.45) is 5.41 Å². The second kappa shape index (κ2) is 4.88. The Kier molecular flexibility index (Phi) is 3.33. The molecule has 0 spiro atoms. The van der Waals surface area contributed by atoms with Gasteiger partial charge in [-0.25, -0.2) is 0 Å². The van der Waals surface area contributed by atoms with Crippen molar-refractivity contribution in [3.63, 3.8) is 0 Å². The first-order chi connectivity index (χ1) is 9.61. The predicted octanol–water partition coefficient (Wildman–Crippen LogP) is 4.00. The van der Waals surface area contributed by atoms with E-state index in [0.717, 1.165) is 16.7 Å². The number of carbonyl (C=O) groups excluding carboxylic acids is 1. The number of carbonyl (C=O) groups is 1. The van der Waals surface area contributed by atoms with Gasteiger partial charge in [-0.05, 0) is 48.1 Å². The lowest BCUT2D eigenvalue weighted by molar-refractivity contribution is -0.115. The van der Waals surface area contributed by atoms with Gasteiger partial charge in [0.25, 0.3) is 0 Å². The second-order valence-electron chi connectivity index (χ2n) is 5.53. The van der Waals surface area contributed by atoms with Crippen LogP contribution in [0.4, 0.5) is 4.39 Å². The van der Waals surface area contributed by atoms with Gasteiger partial charge in [0.15, 0.2) is 5.78 Å². The first-order valence-electron chi connectivity index (χ1n) is 6.78. The van der Waals surface area contributed by atoms with Crippen LogP contribution in [0, 0.1) is 5.41 Å². The van der Waals surface area contributed by atoms with Crippen LogP contribution in [0.2, 0.25) is 5.02 Å². The minimum atomic E-state index is -0.381. The number of fused-ring (bicyclic) bond motifs is 3. The van der Waals surface area contributed by atoms with E-state index >= 15 is 0 Å². The first kappa shape index (κ1) is 13.6. The van der Waals surface area contributed by atoms with Crippen molar-refractivity contribution in [1.82, 2.24) is 0 Å². The van der Waals surface area contributed by atoms with Gasteiger partial charge in [-0.1, -0.05) is 17.7 Å². The van der Waals surface area contributed by atoms with Crippen molar-refractivity contribution in [1.29, 1.82) is 0 Å². The molecular weight excluding hydrogens is 279 g/mol. The summed E-state index contributed by atoms with van der Waals surface area (Å²) >= 11 is 6.39. The Bertz CT molecular complexity index is 609. The number of hydrogen-bond acceptors (Lipinski definition) is 2. The molecule has 0 saturated carbocycles. The van der Waals surface area contributed by atoms with Crippen LogP contribution >= 0.6 is 11.6 Å². The minimum absolute atomic E-state index is 0.120. The number of halogens is 2. The SMILES string of the molecule is COc1ccc2c(c1Cl)CC1(CCF)CCC(=O)C=C21. The van der Waals surface area contributed by atoms with E-state index in [0.29, 0.717) is 36.5 Å². The average molecular weight is 295 g/mol. The van der Waals surface area contributed by atoms with E-state index in [-0.39, 0.29) is 17.9 Å². The standard InChI is InChI=1S/C16H16ClFO2/c1-20-14-3-2-11-12(15(14)17)9-16(6-7-18)5-4-10(19)8-13(11)16/h2-3,8H,4-7,9H2,1H3. The van der Waals surface area contributed by atoms with Crippen LogP contribution in [0.3, 0.4) is 0 Å². The zero-order valence-corrected chi connectivity index (χ0v) is 12.1. The van der Waals surface area contributed by atoms with Crippen molar-refractivity contribution in [3.8, 4) is 5.75 Å². The molecule has 0 aromatic heterocycles. The molecule has 0 N–H and O–H groups in total. The Labute approximate surface area is 122 Å². The lowest BCUT2D eigenvalue weighted by Crippen LogP contribution is -2.26. The topological polar surface area (TPSA) is 26.3 Å². The molecule has 2 aliphatic rings. The number of alkyl halides is 1. The number of hydrogen-bond donors (Lipinski definition) is 0. The Hall–Kier alpha value is -1.35. The van der Waals surface area contributed by atoms with Crippen molar-refractivity contribution < 1.29 is 13.9 Å². The van der Waals surface area contributed by atoms with E-state index in [4.69, 9.17) is 16.3 Å². The van der Waals surface area contributed by atoms with Crippen LogP contribution in [-0.2, 0) is 11.2 Å². The molecule has 2 aliphatic carbocycles. The van der Waals surface area contributed by atoms with Crippen molar-refractivity contribution in [2.45, 2.75) is 25.7 Å². The fourth-order valence-corrected chi connectivity index (χ4v) is 3.79. The van der Waals surface area contributed by atoms with Gasteiger partial charge in [0.1, 0.15) is 5.75 Å². The molecule has 106 valence electrons. The summed E-state index contributed by atoms with van der Waals surface area (Å²) in [5, 5.41) is 0.589. The van der Waals surface area contributed by atoms with E-state index in [1.807, 2.05) is 12.1 Å². The average Bonchev–Trinajstić information content (AvgIpc) is 2.75. The van der Waals surface area contributed by atoms with Gasteiger partial charge in [-0.2, -0.15) is 0 Å². The van der Waals surface area contributed by atoms with Gasteiger partial charge in [-0.15, -0.1) is 0 Å². The number of ether oxygens (including phenoxy) is 1. The zero-order valence-electron chi connectivity index (χ0n) is 11.3. The fraction of sp³-hybridized carbons (Fsp3) is 0.438. The van der Waals surface area contributed by atoms with E-state index in [1.54, 1.807) is 13.2 Å². The summed E-state index contributed by atoms with van der Waals surface area (Å²) < 4.78 is 18.3. The molecule has 3 rings (SSSR count). The summed E-state index contributed by atoms with van der Waals surface area (Å²) in [6.45, 7) is -0.381. The molecule has 2 nitrogen and oxygen atoms in total. The molecule has 0 fully saturated rings. The van der Waals surface area contributed by atoms with Crippen LogP contribution in [-0.4, -0.2) is 19.6 Å². The van der Waals surface area contributed by atoms with E-state index in [9.17, 15) is 9.18 Å². The molecular formula is C16H16ClFO2. The number of benzene rings is 1. The Morgan fingerprint density at radius 3 is 2.95 bits per heavy atom. The monoisotopic (exact) mass is 294 g/mol. The molecule has 20 heavy (non-hydrogen) atoms. The first-order valence-corrected chi connectivity index (χ1v) is 7.16. The smallest absolute Gasteiger partial charge is 0.156 e. The zero-order chi connectivity index (χ0) is 14.3. The second-order valence-corrected chi connectivity index (χ2v) is 5.91. The maximum absolute atomic E-state index is 13.0. The highest BCUT2D eigenvalue weighted by Gasteiger charge is 2.45. The molecule has 0 radical (unpaired) electrons. The number of ketones is 1. The maximum Gasteiger partial charge on any atom is 0.156 e. The summed E-state index contributed by atoms with van der Waals surface area (Å²) in [6, 6.07) is 3.75. The largest absolute Gasteiger partial charge is 0.495 e. The molecule has 0 amide bonds. The van der Waals surface area contributed by atoms with E-state index < -0.39 is 0 Å². The fourth-order valence-electron chi connectivity index (χ4n) is 3.48. The lowest BCUT2D eigenvalue weighted by atomic mass is 9.71. The van der Waals surface area contributed by atoms with E-state index in [1.165, 1.54) is 0 Å². The van der Waals surface area contributed by atoms with Gasteiger partial charge < -0.3 is 4.74 Å². The summed E-state index contributed by atoms with van der Waals surface area (Å²) in [4.78, 5) is 11.7. The van der Waals surface area contributed by atoms with Crippen LogP contribution in [0.15, 0.2) is 18.2 Å². The Morgan fingerprint density at radius 1 is 1.45 bits per heavy atom. The maximum atomic E-state index is 13.0. The third kappa shape index (κ3) is 1.87. The number of rotatable bonds is 3. The predicted molar refractivity (Wildman–Crippen MR) is 77.0 cm³/mol. The van der Waals surface area contributed by atoms with Crippen LogP contribution in [0.25, 0.3) is 5.57 Å². The van der Waals surface area contributed by atoms with Gasteiger partial charge in [0, 0.05) is 11.8 Å². The summed E-state index contributed by atoms with van der Waals surface area (Å²) in [6.07, 6.45) is 4.02. The summed E-state index contributed by atoms with van der Waals surface area (Å²) in [5.74, 6) is 0.751. The van der Waals surface area contributed by atoms with Gasteiger partial charge in [-0.3, -0.25) is 9.18 Å². The van der Waals surface area contributed by atoms with Crippen LogP contribution < -0.4 is 4.74 Å². The van der Waals surface area contributed by atoms with Crippen molar-refractivity contribution in [2.75, 3.05) is 13.8 Å². The molecule has 1 aromatic carbocycles. The van der Waals surface area contributed by atoms with Gasteiger partial charge in [0.2, 0.25) is 0 Å². The van der Waals surface area contributed by atoms with Gasteiger partial charge in [0.05, 0.1) is 18.8 Å². The van der Waals surface area contributed by atoms with Crippen molar-refractivity contribution in [3.05, 3.63) is 34.4 Å². The summed E-state index contributed by atoms with van der Waals surface area (Å²) in [7, 11) is 1.58. The molecule has 0 bridgehead atoms. The molecule has 0 aliphatic heterocycles. The number of methoxy groups -OCH3 is 1. The molecule has 1 aromatic rings. The lowest BCUT2D eigenvalue weighted by Gasteiger charge is -2.32. The Morgan fingerprint density at radius 2 is 2.25 bits per heavy atom. The quantitative estimate of drug-likeness (QED) is 0.842. The molecule has 4 heteroatoms. The molecule has 1 atom stereocenters. The molecule has 1 unspecified atom stereocenters. The Balaban J connectivity index is 2.16. The van der Waals surface area contributed by atoms with E-state index in [2.05, 4.69) is 0 Å². The highest BCUT2D eigenvalue weighted by molar-refractivity contribution is 6.33. The number of allylic oxidation sites excluding steroid dienone is 2.